The molecule has 2 aromatic carbocycles. The highest BCUT2D eigenvalue weighted by molar-refractivity contribution is 6.10. The number of carbonyl (C=O) groups excluding carboxylic acids is 3. The van der Waals surface area contributed by atoms with E-state index in [1.807, 2.05) is 19.0 Å². The quantitative estimate of drug-likeness (QED) is 0.415. The molecule has 11 heteroatoms. The fourth-order valence-electron chi connectivity index (χ4n) is 2.80. The molecule has 33 heavy (non-hydrogen) atoms. The van der Waals surface area contributed by atoms with Crippen molar-refractivity contribution in [1.29, 1.82) is 0 Å². The van der Waals surface area contributed by atoms with Crippen molar-refractivity contribution in [1.82, 2.24) is 20.2 Å². The van der Waals surface area contributed by atoms with Gasteiger partial charge in [-0.3, -0.25) is 14.4 Å². The molecule has 3 amide bonds. The zero-order valence-corrected chi connectivity index (χ0v) is 17.9. The minimum Gasteiger partial charge on any atom is -0.349 e. The second kappa shape index (κ2) is 10.5. The molecule has 1 heterocycles. The lowest BCUT2D eigenvalue weighted by Gasteiger charge is -2.11. The third-order valence-corrected chi connectivity index (χ3v) is 4.51. The molecule has 1 aromatic heterocycles. The van der Waals surface area contributed by atoms with Crippen LogP contribution in [0.3, 0.4) is 0 Å². The third kappa shape index (κ3) is 6.20. The van der Waals surface area contributed by atoms with Crippen molar-refractivity contribution >= 4 is 29.1 Å². The molecule has 172 valence electrons. The molecular weight excluding hydrogens is 434 g/mol. The maximum absolute atomic E-state index is 14.5. The predicted octanol–water partition coefficient (Wildman–Crippen LogP) is 2.48. The molecule has 9 nitrogen and oxygen atoms in total. The molecule has 3 rings (SSSR count). The number of aromatic nitrogens is 2. The van der Waals surface area contributed by atoms with E-state index in [4.69, 9.17) is 0 Å². The van der Waals surface area contributed by atoms with Crippen LogP contribution in [-0.4, -0.2) is 59.8 Å². The number of benzene rings is 2. The number of nitrogens with one attached hydrogen (secondary N) is 4. The van der Waals surface area contributed by atoms with Gasteiger partial charge in [0.1, 0.15) is 17.3 Å². The van der Waals surface area contributed by atoms with E-state index in [-0.39, 0.29) is 28.3 Å². The highest BCUT2D eigenvalue weighted by Gasteiger charge is 2.21. The van der Waals surface area contributed by atoms with E-state index in [1.165, 1.54) is 30.6 Å². The largest absolute Gasteiger partial charge is 0.349 e. The van der Waals surface area contributed by atoms with Gasteiger partial charge in [0.15, 0.2) is 5.69 Å². The van der Waals surface area contributed by atoms with E-state index in [2.05, 4.69) is 25.9 Å². The minimum atomic E-state index is -0.799. The van der Waals surface area contributed by atoms with Gasteiger partial charge < -0.3 is 25.8 Å². The van der Waals surface area contributed by atoms with Crippen LogP contribution in [0.2, 0.25) is 0 Å². The molecule has 0 fully saturated rings. The molecule has 3 aromatic rings. The Bertz CT molecular complexity index is 1160. The lowest BCUT2D eigenvalue weighted by Crippen LogP contribution is -2.32. The minimum absolute atomic E-state index is 0.0186. The van der Waals surface area contributed by atoms with Gasteiger partial charge in [0.05, 0.1) is 12.0 Å². The number of nitrogens with zero attached hydrogens (tertiary/aromatic N) is 2. The molecule has 0 saturated heterocycles. The number of H-pyrrole nitrogens is 1. The first-order valence-electron chi connectivity index (χ1n) is 9.88. The van der Waals surface area contributed by atoms with E-state index in [0.29, 0.717) is 13.1 Å². The van der Waals surface area contributed by atoms with Crippen LogP contribution in [0, 0.1) is 11.6 Å². The molecule has 0 aliphatic carbocycles. The summed E-state index contributed by atoms with van der Waals surface area (Å²) in [7, 11) is 3.72. The zero-order chi connectivity index (χ0) is 24.0. The van der Waals surface area contributed by atoms with Gasteiger partial charge in [-0.25, -0.2) is 13.8 Å². The predicted molar refractivity (Wildman–Crippen MR) is 118 cm³/mol. The normalized spacial score (nSPS) is 10.7. The Morgan fingerprint density at radius 1 is 0.970 bits per heavy atom. The summed E-state index contributed by atoms with van der Waals surface area (Å²) >= 11 is 0. The number of aromatic amines is 1. The molecule has 0 atom stereocenters. The van der Waals surface area contributed by atoms with Crippen LogP contribution in [0.4, 0.5) is 20.2 Å². The maximum atomic E-state index is 14.5. The second-order valence-corrected chi connectivity index (χ2v) is 7.30. The summed E-state index contributed by atoms with van der Waals surface area (Å²) in [5.74, 6) is -3.12. The van der Waals surface area contributed by atoms with Gasteiger partial charge in [-0.05, 0) is 56.6 Å². The summed E-state index contributed by atoms with van der Waals surface area (Å²) in [6.45, 7) is 0.993. The van der Waals surface area contributed by atoms with Gasteiger partial charge in [0.2, 0.25) is 0 Å². The first-order valence-corrected chi connectivity index (χ1v) is 9.88. The van der Waals surface area contributed by atoms with E-state index in [9.17, 15) is 23.2 Å². The number of rotatable bonds is 8. The number of imidazole rings is 1. The molecule has 0 aliphatic heterocycles. The average Bonchev–Trinajstić information content (AvgIpc) is 3.26. The van der Waals surface area contributed by atoms with E-state index in [0.717, 1.165) is 18.2 Å². The van der Waals surface area contributed by atoms with Crippen LogP contribution >= 0.6 is 0 Å². The van der Waals surface area contributed by atoms with Gasteiger partial charge in [0.25, 0.3) is 17.7 Å². The van der Waals surface area contributed by atoms with Crippen LogP contribution in [0.5, 0.6) is 0 Å². The summed E-state index contributed by atoms with van der Waals surface area (Å²) < 4.78 is 27.5. The van der Waals surface area contributed by atoms with Crippen molar-refractivity contribution in [3.8, 4) is 0 Å². The molecule has 0 spiro atoms. The lowest BCUT2D eigenvalue weighted by atomic mass is 10.2. The Hall–Kier alpha value is -4.12. The van der Waals surface area contributed by atoms with Crippen LogP contribution in [0.15, 0.2) is 48.8 Å². The van der Waals surface area contributed by atoms with Gasteiger partial charge in [-0.1, -0.05) is 0 Å². The summed E-state index contributed by atoms with van der Waals surface area (Å²) in [6.07, 6.45) is 1.21. The Morgan fingerprint density at radius 3 is 2.36 bits per heavy atom. The first-order chi connectivity index (χ1) is 15.7. The summed E-state index contributed by atoms with van der Waals surface area (Å²) in [6, 6.07) is 8.45. The van der Waals surface area contributed by atoms with E-state index in [1.54, 1.807) is 0 Å². The smallest absolute Gasteiger partial charge is 0.276 e. The van der Waals surface area contributed by atoms with Crippen LogP contribution < -0.4 is 16.0 Å². The highest BCUT2D eigenvalue weighted by Crippen LogP contribution is 2.20. The number of halogens is 2. The SMILES string of the molecule is CN(C)CCNC(=O)c1[nH]cnc1C(=O)Nc1ccc(NC(=O)c2ccc(F)cc2)c(F)c1. The number of anilines is 2. The monoisotopic (exact) mass is 456 g/mol. The Morgan fingerprint density at radius 2 is 1.70 bits per heavy atom. The van der Waals surface area contributed by atoms with Gasteiger partial charge in [-0.15, -0.1) is 0 Å². The molecule has 0 radical (unpaired) electrons. The number of likely N-dealkylation sites (N-methyl/N-ethyl adjacent to an activating group) is 1. The summed E-state index contributed by atoms with van der Waals surface area (Å²) in [5.41, 5.74) is -0.0354. The molecule has 0 unspecified atom stereocenters. The van der Waals surface area contributed by atoms with Gasteiger partial charge in [0, 0.05) is 24.3 Å². The van der Waals surface area contributed by atoms with Crippen molar-refractivity contribution in [2.75, 3.05) is 37.8 Å². The Kier molecular flexibility index (Phi) is 7.46. The fourth-order valence-corrected chi connectivity index (χ4v) is 2.80. The number of carbonyl (C=O) groups is 3. The number of hydrogen-bond acceptors (Lipinski definition) is 5. The molecule has 0 bridgehead atoms. The molecule has 4 N–H and O–H groups in total. The standard InChI is InChI=1S/C22H22F2N6O3/c1-30(2)10-9-25-21(32)18-19(27-12-26-18)22(33)28-15-7-8-17(16(24)11-15)29-20(31)13-3-5-14(23)6-4-13/h3-8,11-12H,9-10H2,1-2H3,(H,25,32)(H,26,27)(H,28,33)(H,29,31). The van der Waals surface area contributed by atoms with E-state index >= 15 is 0 Å². The van der Waals surface area contributed by atoms with Crippen LogP contribution in [0.1, 0.15) is 31.3 Å². The Balaban J connectivity index is 1.65. The zero-order valence-electron chi connectivity index (χ0n) is 17.9. The van der Waals surface area contributed by atoms with Crippen LogP contribution in [-0.2, 0) is 0 Å². The van der Waals surface area contributed by atoms with Crippen molar-refractivity contribution in [3.05, 3.63) is 77.4 Å². The highest BCUT2D eigenvalue weighted by atomic mass is 19.1. The third-order valence-electron chi connectivity index (χ3n) is 4.51. The molecule has 0 saturated carbocycles. The first kappa shape index (κ1) is 23.5. The Labute approximate surface area is 188 Å². The summed E-state index contributed by atoms with van der Waals surface area (Å²) in [5, 5.41) is 7.53. The van der Waals surface area contributed by atoms with Crippen molar-refractivity contribution in [2.24, 2.45) is 0 Å². The topological polar surface area (TPSA) is 119 Å². The van der Waals surface area contributed by atoms with Crippen molar-refractivity contribution in [3.63, 3.8) is 0 Å². The number of amides is 3. The molecular formula is C22H22F2N6O3. The second-order valence-electron chi connectivity index (χ2n) is 7.30. The lowest BCUT2D eigenvalue weighted by molar-refractivity contribution is 0.0933. The maximum Gasteiger partial charge on any atom is 0.276 e. The van der Waals surface area contributed by atoms with Crippen molar-refractivity contribution in [2.45, 2.75) is 0 Å². The fraction of sp³-hybridized carbons (Fsp3) is 0.182. The molecule has 0 aliphatic rings. The van der Waals surface area contributed by atoms with Gasteiger partial charge in [-0.2, -0.15) is 0 Å². The summed E-state index contributed by atoms with van der Waals surface area (Å²) in [4.78, 5) is 45.4. The number of hydrogen-bond donors (Lipinski definition) is 4. The van der Waals surface area contributed by atoms with E-state index < -0.39 is 29.4 Å². The van der Waals surface area contributed by atoms with Crippen molar-refractivity contribution < 1.29 is 23.2 Å². The average molecular weight is 456 g/mol. The van der Waals surface area contributed by atoms with Gasteiger partial charge >= 0.3 is 0 Å². The van der Waals surface area contributed by atoms with Crippen LogP contribution in [0.25, 0.3) is 0 Å².